The quantitative estimate of drug-likeness (QED) is 0.678. The number of piperazine rings is 1. The van der Waals surface area contributed by atoms with Gasteiger partial charge in [-0.25, -0.2) is 0 Å². The maximum atomic E-state index is 13.4. The number of nitrogens with one attached hydrogen (secondary N) is 1. The summed E-state index contributed by atoms with van der Waals surface area (Å²) in [6.07, 6.45) is 2.70. The van der Waals surface area contributed by atoms with E-state index in [4.69, 9.17) is 4.74 Å². The van der Waals surface area contributed by atoms with Gasteiger partial charge in [-0.15, -0.1) is 0 Å². The molecule has 1 saturated heterocycles. The van der Waals surface area contributed by atoms with Gasteiger partial charge in [0.15, 0.2) is 0 Å². The maximum Gasteiger partial charge on any atom is 0.307 e. The third kappa shape index (κ3) is 5.00. The van der Waals surface area contributed by atoms with E-state index in [2.05, 4.69) is 10.2 Å². The van der Waals surface area contributed by atoms with Gasteiger partial charge in [-0.05, 0) is 37.1 Å². The van der Waals surface area contributed by atoms with Crippen LogP contribution in [-0.4, -0.2) is 61.1 Å². The molecule has 8 heteroatoms. The van der Waals surface area contributed by atoms with Crippen LogP contribution < -0.4 is 15.0 Å². The zero-order valence-electron chi connectivity index (χ0n) is 19.4. The van der Waals surface area contributed by atoms with E-state index in [9.17, 15) is 19.5 Å². The minimum absolute atomic E-state index is 0.144. The number of carboxylic acids is 1. The third-order valence-electron chi connectivity index (χ3n) is 6.83. The molecule has 0 radical (unpaired) electrons. The first kappa shape index (κ1) is 23.6. The van der Waals surface area contributed by atoms with Crippen LogP contribution in [0.5, 0.6) is 5.75 Å². The number of aliphatic carboxylic acids is 1. The molecule has 8 nitrogen and oxygen atoms in total. The van der Waals surface area contributed by atoms with E-state index in [1.54, 1.807) is 36.3 Å². The van der Waals surface area contributed by atoms with Gasteiger partial charge in [0, 0.05) is 26.2 Å². The lowest BCUT2D eigenvalue weighted by Crippen LogP contribution is -2.49. The van der Waals surface area contributed by atoms with Gasteiger partial charge in [0.2, 0.25) is 5.91 Å². The highest BCUT2D eigenvalue weighted by Crippen LogP contribution is 2.32. The lowest BCUT2D eigenvalue weighted by molar-refractivity contribution is -0.147. The van der Waals surface area contributed by atoms with Crippen molar-refractivity contribution in [1.82, 2.24) is 4.90 Å². The second kappa shape index (κ2) is 10.6. The second-order valence-electron chi connectivity index (χ2n) is 8.82. The van der Waals surface area contributed by atoms with Crippen LogP contribution in [0.25, 0.3) is 0 Å². The molecule has 2 N–H and O–H groups in total. The molecule has 34 heavy (non-hydrogen) atoms. The fourth-order valence-corrected chi connectivity index (χ4v) is 4.96. The van der Waals surface area contributed by atoms with Gasteiger partial charge in [-0.2, -0.15) is 0 Å². The number of rotatable bonds is 6. The molecule has 0 unspecified atom stereocenters. The predicted octanol–water partition coefficient (Wildman–Crippen LogP) is 3.49. The average Bonchev–Trinajstić information content (AvgIpc) is 2.88. The summed E-state index contributed by atoms with van der Waals surface area (Å²) >= 11 is 0. The molecule has 1 aliphatic heterocycles. The summed E-state index contributed by atoms with van der Waals surface area (Å²) in [4.78, 5) is 41.9. The highest BCUT2D eigenvalue weighted by molar-refractivity contribution is 6.04. The molecule has 1 heterocycles. The minimum atomic E-state index is -0.933. The number of benzene rings is 2. The Balaban J connectivity index is 1.44. The Morgan fingerprint density at radius 3 is 2.26 bits per heavy atom. The van der Waals surface area contributed by atoms with Crippen LogP contribution in [-0.2, 0) is 9.59 Å². The summed E-state index contributed by atoms with van der Waals surface area (Å²) in [5, 5.41) is 12.4. The van der Waals surface area contributed by atoms with Crippen molar-refractivity contribution in [3.05, 3.63) is 54.1 Å². The molecule has 1 aliphatic carbocycles. The van der Waals surface area contributed by atoms with E-state index in [-0.39, 0.29) is 11.8 Å². The van der Waals surface area contributed by atoms with Crippen LogP contribution >= 0.6 is 0 Å². The number of carbonyl (C=O) groups excluding carboxylic acids is 2. The van der Waals surface area contributed by atoms with Crippen LogP contribution in [0.2, 0.25) is 0 Å². The molecule has 4 rings (SSSR count). The van der Waals surface area contributed by atoms with Gasteiger partial charge in [0.25, 0.3) is 5.91 Å². The highest BCUT2D eigenvalue weighted by atomic mass is 16.5. The molecule has 2 aromatic rings. The van der Waals surface area contributed by atoms with Gasteiger partial charge in [-0.3, -0.25) is 14.4 Å². The van der Waals surface area contributed by atoms with Crippen LogP contribution in [0, 0.1) is 11.8 Å². The third-order valence-corrected chi connectivity index (χ3v) is 6.83. The minimum Gasteiger partial charge on any atom is -0.495 e. The lowest BCUT2D eigenvalue weighted by atomic mass is 9.78. The normalized spacial score (nSPS) is 20.5. The molecule has 0 bridgehead atoms. The van der Waals surface area contributed by atoms with Crippen molar-refractivity contribution in [2.75, 3.05) is 43.5 Å². The zero-order chi connectivity index (χ0) is 24.1. The lowest BCUT2D eigenvalue weighted by Gasteiger charge is -2.37. The maximum absolute atomic E-state index is 13.4. The van der Waals surface area contributed by atoms with Crippen molar-refractivity contribution in [1.29, 1.82) is 0 Å². The SMILES string of the molecule is COc1ccccc1N1CCN(C(=O)c2ccccc2NC(=O)[C@@H]2CCCC[C@H]2C(=O)O)CC1. The average molecular weight is 466 g/mol. The topological polar surface area (TPSA) is 99.2 Å². The molecule has 2 fully saturated rings. The molecule has 1 saturated carbocycles. The van der Waals surface area contributed by atoms with Gasteiger partial charge in [0.05, 0.1) is 35.9 Å². The number of nitrogens with zero attached hydrogens (tertiary/aromatic N) is 2. The Hall–Kier alpha value is -3.55. The second-order valence-corrected chi connectivity index (χ2v) is 8.82. The summed E-state index contributed by atoms with van der Waals surface area (Å²) in [6, 6.07) is 14.8. The molecule has 2 aromatic carbocycles. The first-order chi connectivity index (χ1) is 16.5. The van der Waals surface area contributed by atoms with Crippen LogP contribution in [0.15, 0.2) is 48.5 Å². The van der Waals surface area contributed by atoms with Crippen molar-refractivity contribution < 1.29 is 24.2 Å². The van der Waals surface area contributed by atoms with Crippen molar-refractivity contribution >= 4 is 29.2 Å². The van der Waals surface area contributed by atoms with Crippen LogP contribution in [0.4, 0.5) is 11.4 Å². The summed E-state index contributed by atoms with van der Waals surface area (Å²) in [5.41, 5.74) is 1.86. The molecular formula is C26H31N3O5. The molecule has 2 amide bonds. The largest absolute Gasteiger partial charge is 0.495 e. The van der Waals surface area contributed by atoms with E-state index in [1.165, 1.54) is 0 Å². The fraction of sp³-hybridized carbons (Fsp3) is 0.423. The summed E-state index contributed by atoms with van der Waals surface area (Å²) < 4.78 is 5.47. The number of para-hydroxylation sites is 3. The summed E-state index contributed by atoms with van der Waals surface area (Å²) in [5.74, 6) is -1.87. The standard InChI is InChI=1S/C26H31N3O5/c1-34-23-13-7-6-12-22(23)28-14-16-29(17-15-28)25(31)20-10-4-5-11-21(20)27-24(30)18-8-2-3-9-19(18)26(32)33/h4-7,10-13,18-19H,2-3,8-9,14-17H2,1H3,(H,27,30)(H,32,33)/t18-,19-/m1/s1. The summed E-state index contributed by atoms with van der Waals surface area (Å²) in [7, 11) is 1.65. The van der Waals surface area contributed by atoms with E-state index < -0.39 is 17.8 Å². The van der Waals surface area contributed by atoms with E-state index in [0.717, 1.165) is 24.3 Å². The molecule has 0 spiro atoms. The van der Waals surface area contributed by atoms with E-state index in [1.807, 2.05) is 24.3 Å². The van der Waals surface area contributed by atoms with E-state index in [0.29, 0.717) is 50.3 Å². The molecule has 2 atom stereocenters. The number of carbonyl (C=O) groups is 3. The first-order valence-corrected chi connectivity index (χ1v) is 11.8. The van der Waals surface area contributed by atoms with Crippen molar-refractivity contribution in [2.45, 2.75) is 25.7 Å². The molecule has 2 aliphatic rings. The van der Waals surface area contributed by atoms with Crippen molar-refractivity contribution in [3.63, 3.8) is 0 Å². The number of methoxy groups -OCH3 is 1. The first-order valence-electron chi connectivity index (χ1n) is 11.8. The summed E-state index contributed by atoms with van der Waals surface area (Å²) in [6.45, 7) is 2.43. The van der Waals surface area contributed by atoms with Gasteiger partial charge in [-0.1, -0.05) is 37.1 Å². The predicted molar refractivity (Wildman–Crippen MR) is 129 cm³/mol. The van der Waals surface area contributed by atoms with Gasteiger partial charge in [0.1, 0.15) is 5.75 Å². The van der Waals surface area contributed by atoms with Crippen LogP contribution in [0.1, 0.15) is 36.0 Å². The Bertz CT molecular complexity index is 1050. The molecular weight excluding hydrogens is 434 g/mol. The van der Waals surface area contributed by atoms with Crippen molar-refractivity contribution in [2.24, 2.45) is 11.8 Å². The Kier molecular flexibility index (Phi) is 7.35. The molecule has 0 aromatic heterocycles. The Morgan fingerprint density at radius 1 is 0.912 bits per heavy atom. The van der Waals surface area contributed by atoms with Crippen molar-refractivity contribution in [3.8, 4) is 5.75 Å². The smallest absolute Gasteiger partial charge is 0.307 e. The Morgan fingerprint density at radius 2 is 1.56 bits per heavy atom. The number of hydrogen-bond donors (Lipinski definition) is 2. The zero-order valence-corrected chi connectivity index (χ0v) is 19.4. The number of carboxylic acid groups (broad SMARTS) is 1. The number of ether oxygens (including phenoxy) is 1. The number of anilines is 2. The van der Waals surface area contributed by atoms with Crippen LogP contribution in [0.3, 0.4) is 0 Å². The van der Waals surface area contributed by atoms with Gasteiger partial charge >= 0.3 is 5.97 Å². The monoisotopic (exact) mass is 465 g/mol. The highest BCUT2D eigenvalue weighted by Gasteiger charge is 2.36. The van der Waals surface area contributed by atoms with E-state index >= 15 is 0 Å². The van der Waals surface area contributed by atoms with Gasteiger partial charge < -0.3 is 25.0 Å². The number of amides is 2. The fourth-order valence-electron chi connectivity index (χ4n) is 4.96. The number of hydrogen-bond acceptors (Lipinski definition) is 5. The molecule has 180 valence electrons. The Labute approximate surface area is 199 Å².